The first kappa shape index (κ1) is 17.4. The van der Waals surface area contributed by atoms with E-state index in [4.69, 9.17) is 4.74 Å². The molecule has 0 bridgehead atoms. The fourth-order valence-corrected chi connectivity index (χ4v) is 4.83. The first-order chi connectivity index (χ1) is 14.4. The van der Waals surface area contributed by atoms with Crippen molar-refractivity contribution in [1.29, 1.82) is 0 Å². The Labute approximate surface area is 170 Å². The third-order valence-corrected chi connectivity index (χ3v) is 5.91. The fourth-order valence-electron chi connectivity index (χ4n) is 4.83. The molecule has 5 rings (SSSR count). The number of benzene rings is 4. The van der Waals surface area contributed by atoms with Crippen LogP contribution in [0.4, 0.5) is 0 Å². The lowest BCUT2D eigenvalue weighted by atomic mass is 9.66. The predicted molar refractivity (Wildman–Crippen MR) is 115 cm³/mol. The van der Waals surface area contributed by atoms with Crippen molar-refractivity contribution in [3.63, 3.8) is 0 Å². The molecule has 2 heteroatoms. The van der Waals surface area contributed by atoms with E-state index in [0.717, 1.165) is 22.3 Å². The Kier molecular flexibility index (Phi) is 4.25. The lowest BCUT2D eigenvalue weighted by Crippen LogP contribution is -2.36. The summed E-state index contributed by atoms with van der Waals surface area (Å²) in [5.41, 5.74) is 6.12. The molecule has 1 atom stereocenters. The molecular weight excluding hydrogens is 356 g/mol. The molecule has 0 amide bonds. The standard InChI is InChI=1S/C27H20O2/c28-19-29-26(20-11-3-1-4-12-20)27(21-13-5-2-6-14-21)24-17-9-7-15-22(24)23-16-8-10-18-25(23)27/h1-19,26H. The number of ether oxygens (including phenoxy) is 1. The summed E-state index contributed by atoms with van der Waals surface area (Å²) in [6, 6.07) is 37.3. The normalized spacial score (nSPS) is 14.5. The quantitative estimate of drug-likeness (QED) is 0.404. The molecule has 29 heavy (non-hydrogen) atoms. The molecule has 140 valence electrons. The largest absolute Gasteiger partial charge is 0.458 e. The second kappa shape index (κ2) is 7.06. The zero-order valence-corrected chi connectivity index (χ0v) is 15.9. The van der Waals surface area contributed by atoms with Crippen LogP contribution in [-0.2, 0) is 14.9 Å². The topological polar surface area (TPSA) is 26.3 Å². The maximum Gasteiger partial charge on any atom is 0.293 e. The summed E-state index contributed by atoms with van der Waals surface area (Å²) in [6.07, 6.45) is -0.492. The van der Waals surface area contributed by atoms with Gasteiger partial charge in [-0.05, 0) is 33.4 Å². The van der Waals surface area contributed by atoms with Gasteiger partial charge in [-0.25, -0.2) is 0 Å². The van der Waals surface area contributed by atoms with Crippen molar-refractivity contribution in [2.45, 2.75) is 11.5 Å². The molecule has 0 N–H and O–H groups in total. The molecule has 0 aromatic heterocycles. The van der Waals surface area contributed by atoms with Crippen LogP contribution in [0.5, 0.6) is 0 Å². The third-order valence-electron chi connectivity index (χ3n) is 5.91. The Morgan fingerprint density at radius 2 is 1.10 bits per heavy atom. The van der Waals surface area contributed by atoms with Gasteiger partial charge in [0.25, 0.3) is 6.47 Å². The molecular formula is C27H20O2. The summed E-state index contributed by atoms with van der Waals surface area (Å²) in [4.78, 5) is 11.7. The molecule has 4 aromatic carbocycles. The number of carbonyl (C=O) groups is 1. The molecule has 0 radical (unpaired) electrons. The van der Waals surface area contributed by atoms with Gasteiger partial charge in [-0.15, -0.1) is 0 Å². The van der Waals surface area contributed by atoms with Gasteiger partial charge in [-0.1, -0.05) is 109 Å². The number of hydrogen-bond donors (Lipinski definition) is 0. The van der Waals surface area contributed by atoms with Gasteiger partial charge >= 0.3 is 0 Å². The highest BCUT2D eigenvalue weighted by Gasteiger charge is 2.51. The average Bonchev–Trinajstić information content (AvgIpc) is 3.10. The van der Waals surface area contributed by atoms with Crippen LogP contribution in [0, 0.1) is 0 Å². The van der Waals surface area contributed by atoms with Crippen molar-refractivity contribution in [2.75, 3.05) is 0 Å². The van der Waals surface area contributed by atoms with Crippen LogP contribution < -0.4 is 0 Å². The van der Waals surface area contributed by atoms with Crippen LogP contribution in [0.1, 0.15) is 28.4 Å². The molecule has 1 aliphatic rings. The van der Waals surface area contributed by atoms with Crippen LogP contribution >= 0.6 is 0 Å². The Balaban J connectivity index is 1.92. The van der Waals surface area contributed by atoms with E-state index in [1.165, 1.54) is 11.1 Å². The first-order valence-electron chi connectivity index (χ1n) is 9.76. The minimum Gasteiger partial charge on any atom is -0.458 e. The molecule has 4 aromatic rings. The molecule has 1 aliphatic carbocycles. The van der Waals surface area contributed by atoms with E-state index in [9.17, 15) is 4.79 Å². The maximum absolute atomic E-state index is 11.7. The average molecular weight is 376 g/mol. The molecule has 0 saturated heterocycles. The van der Waals surface area contributed by atoms with Crippen molar-refractivity contribution < 1.29 is 9.53 Å². The van der Waals surface area contributed by atoms with E-state index in [1.807, 2.05) is 48.5 Å². The van der Waals surface area contributed by atoms with Crippen molar-refractivity contribution in [2.24, 2.45) is 0 Å². The molecule has 1 unspecified atom stereocenters. The van der Waals surface area contributed by atoms with Gasteiger partial charge < -0.3 is 4.74 Å². The Hall–Kier alpha value is -3.65. The minimum atomic E-state index is -0.628. The van der Waals surface area contributed by atoms with Crippen molar-refractivity contribution in [3.8, 4) is 11.1 Å². The first-order valence-corrected chi connectivity index (χ1v) is 9.76. The van der Waals surface area contributed by atoms with Gasteiger partial charge in [0.05, 0.1) is 5.41 Å². The highest BCUT2D eigenvalue weighted by Crippen LogP contribution is 2.58. The smallest absolute Gasteiger partial charge is 0.293 e. The molecule has 0 spiro atoms. The highest BCUT2D eigenvalue weighted by molar-refractivity contribution is 5.84. The second-order valence-electron chi connectivity index (χ2n) is 7.29. The summed E-state index contributed by atoms with van der Waals surface area (Å²) in [7, 11) is 0. The van der Waals surface area contributed by atoms with E-state index in [-0.39, 0.29) is 0 Å². The molecule has 0 fully saturated rings. The van der Waals surface area contributed by atoms with E-state index >= 15 is 0 Å². The van der Waals surface area contributed by atoms with Crippen molar-refractivity contribution in [3.05, 3.63) is 131 Å². The van der Waals surface area contributed by atoms with Gasteiger partial charge in [0.1, 0.15) is 6.10 Å². The number of carbonyl (C=O) groups excluding carboxylic acids is 1. The summed E-state index contributed by atoms with van der Waals surface area (Å²) < 4.78 is 5.90. The Morgan fingerprint density at radius 3 is 1.66 bits per heavy atom. The highest BCUT2D eigenvalue weighted by atomic mass is 16.5. The van der Waals surface area contributed by atoms with Crippen LogP contribution in [0.3, 0.4) is 0 Å². The van der Waals surface area contributed by atoms with E-state index < -0.39 is 11.5 Å². The predicted octanol–water partition coefficient (Wildman–Crippen LogP) is 5.92. The van der Waals surface area contributed by atoms with Gasteiger partial charge in [-0.3, -0.25) is 4.79 Å². The van der Waals surface area contributed by atoms with Gasteiger partial charge in [0.15, 0.2) is 0 Å². The van der Waals surface area contributed by atoms with Gasteiger partial charge in [0, 0.05) is 0 Å². The number of hydrogen-bond acceptors (Lipinski definition) is 2. The summed E-state index contributed by atoms with van der Waals surface area (Å²) >= 11 is 0. The minimum absolute atomic E-state index is 0.492. The Morgan fingerprint density at radius 1 is 0.621 bits per heavy atom. The zero-order valence-electron chi connectivity index (χ0n) is 15.9. The van der Waals surface area contributed by atoms with Crippen molar-refractivity contribution in [1.82, 2.24) is 0 Å². The molecule has 2 nitrogen and oxygen atoms in total. The van der Waals surface area contributed by atoms with E-state index in [1.54, 1.807) is 0 Å². The SMILES string of the molecule is O=COC(c1ccccc1)C1(c2ccccc2)c2ccccc2-c2ccccc21. The van der Waals surface area contributed by atoms with Crippen molar-refractivity contribution >= 4 is 6.47 Å². The summed E-state index contributed by atoms with van der Waals surface area (Å²) in [5, 5.41) is 0. The third kappa shape index (κ3) is 2.53. The summed E-state index contributed by atoms with van der Waals surface area (Å²) in [5.74, 6) is 0. The summed E-state index contributed by atoms with van der Waals surface area (Å²) in [6.45, 7) is 0.575. The lowest BCUT2D eigenvalue weighted by Gasteiger charge is -2.39. The van der Waals surface area contributed by atoms with Gasteiger partial charge in [-0.2, -0.15) is 0 Å². The fraction of sp³-hybridized carbons (Fsp3) is 0.0741. The molecule has 0 aliphatic heterocycles. The Bertz CT molecular complexity index is 1100. The van der Waals surface area contributed by atoms with E-state index in [0.29, 0.717) is 6.47 Å². The zero-order chi connectivity index (χ0) is 19.7. The van der Waals surface area contributed by atoms with E-state index in [2.05, 4.69) is 60.7 Å². The maximum atomic E-state index is 11.7. The van der Waals surface area contributed by atoms with Crippen LogP contribution in [-0.4, -0.2) is 6.47 Å². The molecule has 0 heterocycles. The number of fused-ring (bicyclic) bond motifs is 3. The van der Waals surface area contributed by atoms with Gasteiger partial charge in [0.2, 0.25) is 0 Å². The second-order valence-corrected chi connectivity index (χ2v) is 7.29. The lowest BCUT2D eigenvalue weighted by molar-refractivity contribution is -0.136. The van der Waals surface area contributed by atoms with Crippen LogP contribution in [0.2, 0.25) is 0 Å². The van der Waals surface area contributed by atoms with Crippen LogP contribution in [0.25, 0.3) is 11.1 Å². The number of rotatable bonds is 5. The monoisotopic (exact) mass is 376 g/mol. The molecule has 0 saturated carbocycles. The van der Waals surface area contributed by atoms with Crippen LogP contribution in [0.15, 0.2) is 109 Å².